The minimum Gasteiger partial charge on any atom is -0.455 e. The van der Waals surface area contributed by atoms with E-state index in [0.717, 1.165) is 5.56 Å². The molecule has 1 unspecified atom stereocenters. The number of β-lactam (4-membered cyclic amide) rings is 1. The van der Waals surface area contributed by atoms with Gasteiger partial charge in [-0.3, -0.25) is 14.5 Å². The van der Waals surface area contributed by atoms with Crippen molar-refractivity contribution in [1.82, 2.24) is 10.2 Å². The van der Waals surface area contributed by atoms with Crippen LogP contribution >= 0.6 is 11.8 Å². The van der Waals surface area contributed by atoms with E-state index in [4.69, 9.17) is 4.74 Å². The third-order valence-electron chi connectivity index (χ3n) is 5.67. The van der Waals surface area contributed by atoms with Crippen LogP contribution in [0, 0.1) is 5.41 Å². The van der Waals surface area contributed by atoms with E-state index in [1.807, 2.05) is 44.2 Å². The summed E-state index contributed by atoms with van der Waals surface area (Å²) >= 11 is 1.41. The minimum atomic E-state index is -1.02. The van der Waals surface area contributed by atoms with Crippen LogP contribution in [0.15, 0.2) is 54.3 Å². The number of nitrogens with zero attached hydrogens (tertiary/aromatic N) is 1. The molecule has 0 aromatic heterocycles. The van der Waals surface area contributed by atoms with Crippen molar-refractivity contribution >= 4 is 29.5 Å². The Balaban J connectivity index is 1.85. The number of carbonyl (C=O) groups excluding carboxylic acids is 3. The highest BCUT2D eigenvalue weighted by Crippen LogP contribution is 2.44. The Morgan fingerprint density at radius 1 is 1.27 bits per heavy atom. The van der Waals surface area contributed by atoms with E-state index in [1.165, 1.54) is 16.7 Å². The summed E-state index contributed by atoms with van der Waals surface area (Å²) in [4.78, 5) is 40.1. The van der Waals surface area contributed by atoms with Gasteiger partial charge in [-0.15, -0.1) is 18.3 Å². The minimum absolute atomic E-state index is 0.0645. The molecule has 0 saturated carbocycles. The van der Waals surface area contributed by atoms with Gasteiger partial charge in [0, 0.05) is 16.7 Å². The number of esters is 1. The largest absolute Gasteiger partial charge is 0.455 e. The lowest BCUT2D eigenvalue weighted by Gasteiger charge is -2.51. The normalized spacial score (nSPS) is 21.6. The summed E-state index contributed by atoms with van der Waals surface area (Å²) in [5.41, 5.74) is -0.146. The molecule has 33 heavy (non-hydrogen) atoms. The van der Waals surface area contributed by atoms with E-state index >= 15 is 0 Å². The number of amides is 2. The third-order valence-corrected chi connectivity index (χ3v) is 6.98. The standard InChI is InChI=1S/C25H32N2O5S/c1-7-25(5,6)20(29)16-14-33-22-18(26-17(28)13-15-11-9-8-10-12-15)21(30)27(22)19(16)23(31)32-24(2,3)4/h7-12,18,20,22,29H,1,13-14H2,2-6H3,(H,26,28)/t18-,20?,22-/m1/s1. The summed E-state index contributed by atoms with van der Waals surface area (Å²) < 4.78 is 5.58. The van der Waals surface area contributed by atoms with Gasteiger partial charge in [0.15, 0.2) is 0 Å². The number of hydrogen-bond acceptors (Lipinski definition) is 6. The second-order valence-corrected chi connectivity index (χ2v) is 11.0. The summed E-state index contributed by atoms with van der Waals surface area (Å²) in [6.07, 6.45) is 0.762. The highest BCUT2D eigenvalue weighted by molar-refractivity contribution is 8.00. The molecule has 1 aromatic carbocycles. The maximum absolute atomic E-state index is 13.1. The number of ether oxygens (including phenoxy) is 1. The van der Waals surface area contributed by atoms with Crippen molar-refractivity contribution < 1.29 is 24.2 Å². The molecule has 2 aliphatic heterocycles. The molecule has 1 fully saturated rings. The molecule has 8 heteroatoms. The number of rotatable bonds is 7. The monoisotopic (exact) mass is 472 g/mol. The second kappa shape index (κ2) is 9.35. The molecule has 2 amide bonds. The highest BCUT2D eigenvalue weighted by atomic mass is 32.2. The van der Waals surface area contributed by atoms with E-state index in [1.54, 1.807) is 26.8 Å². The molecule has 7 nitrogen and oxygen atoms in total. The number of carbonyl (C=O) groups is 3. The Labute approximate surface area is 199 Å². The van der Waals surface area contributed by atoms with Gasteiger partial charge in [-0.25, -0.2) is 4.79 Å². The lowest BCUT2D eigenvalue weighted by molar-refractivity contribution is -0.159. The van der Waals surface area contributed by atoms with Gasteiger partial charge >= 0.3 is 5.97 Å². The number of benzene rings is 1. The van der Waals surface area contributed by atoms with Crippen molar-refractivity contribution in [2.45, 2.75) is 64.2 Å². The Morgan fingerprint density at radius 2 is 1.91 bits per heavy atom. The van der Waals surface area contributed by atoms with Gasteiger partial charge in [-0.1, -0.05) is 50.3 Å². The zero-order valence-electron chi connectivity index (χ0n) is 19.8. The topological polar surface area (TPSA) is 95.9 Å². The fraction of sp³-hybridized carbons (Fsp3) is 0.480. The van der Waals surface area contributed by atoms with Crippen LogP contribution in [0.1, 0.15) is 40.2 Å². The average Bonchev–Trinajstić information content (AvgIpc) is 2.75. The maximum atomic E-state index is 13.1. The van der Waals surface area contributed by atoms with Gasteiger partial charge in [0.1, 0.15) is 22.7 Å². The van der Waals surface area contributed by atoms with Gasteiger partial charge in [-0.05, 0) is 26.3 Å². The number of thioether (sulfide) groups is 1. The number of aliphatic hydroxyl groups excluding tert-OH is 1. The number of nitrogens with one attached hydrogen (secondary N) is 1. The molecular weight excluding hydrogens is 440 g/mol. The SMILES string of the molecule is C=CC(C)(C)C(O)C1=C(C(=O)OC(C)(C)C)N2C(=O)[C@@H](NC(=O)Cc3ccccc3)[C@H]2SC1. The van der Waals surface area contributed by atoms with E-state index in [9.17, 15) is 19.5 Å². The number of fused-ring (bicyclic) bond motifs is 1. The zero-order valence-corrected chi connectivity index (χ0v) is 20.6. The van der Waals surface area contributed by atoms with E-state index in [-0.39, 0.29) is 18.0 Å². The smallest absolute Gasteiger partial charge is 0.355 e. The van der Waals surface area contributed by atoms with Crippen molar-refractivity contribution in [1.29, 1.82) is 0 Å². The van der Waals surface area contributed by atoms with Crippen LogP contribution in [-0.4, -0.2) is 56.7 Å². The fourth-order valence-corrected chi connectivity index (χ4v) is 5.11. The van der Waals surface area contributed by atoms with Gasteiger partial charge < -0.3 is 15.2 Å². The molecular formula is C25H32N2O5S. The second-order valence-electron chi connectivity index (χ2n) is 9.92. The van der Waals surface area contributed by atoms with E-state index in [0.29, 0.717) is 11.3 Å². The zero-order chi connectivity index (χ0) is 24.6. The first kappa shape index (κ1) is 25.1. The van der Waals surface area contributed by atoms with Gasteiger partial charge in [0.2, 0.25) is 5.91 Å². The lowest BCUT2D eigenvalue weighted by Crippen LogP contribution is -2.71. The van der Waals surface area contributed by atoms with Crippen LogP contribution < -0.4 is 5.32 Å². The number of hydrogen-bond donors (Lipinski definition) is 2. The van der Waals surface area contributed by atoms with E-state index in [2.05, 4.69) is 11.9 Å². The number of aliphatic hydroxyl groups is 1. The Bertz CT molecular complexity index is 980. The van der Waals surface area contributed by atoms with Crippen molar-refractivity contribution in [3.05, 3.63) is 59.8 Å². The summed E-state index contributed by atoms with van der Waals surface area (Å²) in [7, 11) is 0. The summed E-state index contributed by atoms with van der Waals surface area (Å²) in [6.45, 7) is 12.6. The molecule has 2 heterocycles. The Morgan fingerprint density at radius 3 is 2.48 bits per heavy atom. The Kier molecular flexibility index (Phi) is 7.10. The predicted molar refractivity (Wildman–Crippen MR) is 128 cm³/mol. The summed E-state index contributed by atoms with van der Waals surface area (Å²) in [6, 6.07) is 8.54. The maximum Gasteiger partial charge on any atom is 0.355 e. The first-order valence-corrected chi connectivity index (χ1v) is 12.0. The quantitative estimate of drug-likeness (QED) is 0.360. The molecule has 0 aliphatic carbocycles. The molecule has 3 atom stereocenters. The predicted octanol–water partition coefficient (Wildman–Crippen LogP) is 2.80. The Hall–Kier alpha value is -2.58. The van der Waals surface area contributed by atoms with Crippen molar-refractivity contribution in [2.24, 2.45) is 5.41 Å². The van der Waals surface area contributed by atoms with Crippen molar-refractivity contribution in [3.8, 4) is 0 Å². The van der Waals surface area contributed by atoms with Crippen molar-refractivity contribution in [2.75, 3.05) is 5.75 Å². The molecule has 1 aromatic rings. The molecule has 0 spiro atoms. The molecule has 178 valence electrons. The molecule has 1 saturated heterocycles. The van der Waals surface area contributed by atoms with Crippen LogP contribution in [0.4, 0.5) is 0 Å². The lowest BCUT2D eigenvalue weighted by atomic mass is 9.81. The van der Waals surface area contributed by atoms with Crippen LogP contribution in [0.2, 0.25) is 0 Å². The van der Waals surface area contributed by atoms with Crippen LogP contribution in [0.25, 0.3) is 0 Å². The van der Waals surface area contributed by atoms with Crippen LogP contribution in [0.5, 0.6) is 0 Å². The van der Waals surface area contributed by atoms with Gasteiger partial charge in [0.05, 0.1) is 12.5 Å². The van der Waals surface area contributed by atoms with E-state index < -0.39 is 40.4 Å². The molecule has 2 aliphatic rings. The summed E-state index contributed by atoms with van der Waals surface area (Å²) in [5, 5.41) is 13.4. The molecule has 3 rings (SSSR count). The summed E-state index contributed by atoms with van der Waals surface area (Å²) in [5.74, 6) is -0.993. The van der Waals surface area contributed by atoms with Crippen molar-refractivity contribution in [3.63, 3.8) is 0 Å². The average molecular weight is 473 g/mol. The van der Waals surface area contributed by atoms with Crippen LogP contribution in [-0.2, 0) is 25.5 Å². The molecule has 2 N–H and O–H groups in total. The molecule has 0 bridgehead atoms. The molecule has 0 radical (unpaired) electrons. The first-order chi connectivity index (χ1) is 15.4. The van der Waals surface area contributed by atoms with Gasteiger partial charge in [-0.2, -0.15) is 0 Å². The third kappa shape index (κ3) is 5.33. The fourth-order valence-electron chi connectivity index (χ4n) is 3.73. The first-order valence-electron chi connectivity index (χ1n) is 10.9. The van der Waals surface area contributed by atoms with Crippen LogP contribution in [0.3, 0.4) is 0 Å². The van der Waals surface area contributed by atoms with Gasteiger partial charge in [0.25, 0.3) is 5.91 Å². The highest BCUT2D eigenvalue weighted by Gasteiger charge is 2.55.